The number of aliphatic hydroxyl groups is 2. The van der Waals surface area contributed by atoms with Crippen LogP contribution >= 0.6 is 11.6 Å². The number of sulfone groups is 1. The van der Waals surface area contributed by atoms with Gasteiger partial charge in [-0.05, 0) is 81.9 Å². The van der Waals surface area contributed by atoms with Crippen molar-refractivity contribution < 1.29 is 28.2 Å². The number of rotatable bonds is 16. The lowest BCUT2D eigenvalue weighted by molar-refractivity contribution is -0.132. The molecule has 0 aliphatic heterocycles. The fraction of sp³-hybridized carbons (Fsp3) is 0.765. The van der Waals surface area contributed by atoms with Gasteiger partial charge in [0.15, 0.2) is 9.84 Å². The number of halogens is 1. The molecular weight excluding hydrogens is 600 g/mol. The Balaban J connectivity index is 1.82. The summed E-state index contributed by atoms with van der Waals surface area (Å²) < 4.78 is 25.4. The molecule has 8 nitrogen and oxygen atoms in total. The van der Waals surface area contributed by atoms with Crippen LogP contribution in [0.25, 0.3) is 0 Å². The van der Waals surface area contributed by atoms with Crippen LogP contribution in [0.3, 0.4) is 0 Å². The van der Waals surface area contributed by atoms with Crippen LogP contribution in [-0.4, -0.2) is 65.2 Å². The number of amides is 2. The van der Waals surface area contributed by atoms with Crippen LogP contribution in [-0.2, 0) is 25.8 Å². The third-order valence-corrected chi connectivity index (χ3v) is 12.1. The molecule has 3 rings (SSSR count). The van der Waals surface area contributed by atoms with Crippen molar-refractivity contribution in [3.8, 4) is 0 Å². The van der Waals surface area contributed by atoms with Crippen molar-refractivity contribution in [2.45, 2.75) is 134 Å². The van der Waals surface area contributed by atoms with E-state index in [4.69, 9.17) is 11.6 Å². The number of hydrogen-bond acceptors (Lipinski definition) is 6. The minimum absolute atomic E-state index is 0.157. The van der Waals surface area contributed by atoms with Crippen molar-refractivity contribution in [3.05, 3.63) is 34.9 Å². The number of carbonyl (C=O) groups is 2. The molecule has 250 valence electrons. The highest BCUT2D eigenvalue weighted by atomic mass is 35.5. The number of hydrogen-bond donors (Lipinski definition) is 4. The largest absolute Gasteiger partial charge is 0.390 e. The van der Waals surface area contributed by atoms with Gasteiger partial charge in [0.2, 0.25) is 11.8 Å². The van der Waals surface area contributed by atoms with E-state index in [2.05, 4.69) is 10.6 Å². The zero-order valence-corrected chi connectivity index (χ0v) is 28.8. The number of benzene rings is 1. The summed E-state index contributed by atoms with van der Waals surface area (Å²) in [6, 6.07) is 5.49. The maximum atomic E-state index is 13.9. The molecule has 0 spiro atoms. The zero-order chi connectivity index (χ0) is 32.7. The third kappa shape index (κ3) is 11.6. The van der Waals surface area contributed by atoms with Crippen molar-refractivity contribution in [3.63, 3.8) is 0 Å². The van der Waals surface area contributed by atoms with Crippen molar-refractivity contribution in [2.24, 2.45) is 23.7 Å². The highest BCUT2D eigenvalue weighted by molar-refractivity contribution is 7.92. The monoisotopic (exact) mass is 654 g/mol. The second kappa shape index (κ2) is 16.2. The van der Waals surface area contributed by atoms with E-state index in [1.807, 2.05) is 19.9 Å². The van der Waals surface area contributed by atoms with E-state index in [1.165, 1.54) is 6.42 Å². The van der Waals surface area contributed by atoms with Gasteiger partial charge in [-0.3, -0.25) is 9.59 Å². The molecule has 1 aromatic carbocycles. The van der Waals surface area contributed by atoms with E-state index in [1.54, 1.807) is 39.0 Å². The van der Waals surface area contributed by atoms with E-state index in [-0.39, 0.29) is 18.1 Å². The smallest absolute Gasteiger partial charge is 0.242 e. The lowest BCUT2D eigenvalue weighted by atomic mass is 9.82. The Bertz CT molecular complexity index is 1190. The summed E-state index contributed by atoms with van der Waals surface area (Å²) in [5, 5.41) is 28.5. The Hall–Kier alpha value is -1.68. The summed E-state index contributed by atoms with van der Waals surface area (Å²) in [4.78, 5) is 27.7. The van der Waals surface area contributed by atoms with Gasteiger partial charge in [0, 0.05) is 5.02 Å². The van der Waals surface area contributed by atoms with Gasteiger partial charge in [-0.15, -0.1) is 0 Å². The first kappa shape index (κ1) is 36.8. The van der Waals surface area contributed by atoms with Gasteiger partial charge in [-0.1, -0.05) is 82.5 Å². The van der Waals surface area contributed by atoms with Crippen LogP contribution in [0, 0.1) is 23.7 Å². The Labute approximate surface area is 270 Å². The maximum Gasteiger partial charge on any atom is 0.242 e. The van der Waals surface area contributed by atoms with E-state index >= 15 is 0 Å². The molecule has 0 radical (unpaired) electrons. The lowest BCUT2D eigenvalue weighted by Crippen LogP contribution is -2.56. The molecular formula is C34H55ClN2O6S. The predicted octanol–water partition coefficient (Wildman–Crippen LogP) is 5.22. The second-order valence-electron chi connectivity index (χ2n) is 14.7. The molecule has 44 heavy (non-hydrogen) atoms. The predicted molar refractivity (Wildman–Crippen MR) is 176 cm³/mol. The van der Waals surface area contributed by atoms with Crippen molar-refractivity contribution in [1.29, 1.82) is 0 Å². The highest BCUT2D eigenvalue weighted by Gasteiger charge is 2.38. The molecule has 2 aliphatic carbocycles. The zero-order valence-electron chi connectivity index (χ0n) is 27.2. The quantitative estimate of drug-likeness (QED) is 0.193. The normalized spacial score (nSPS) is 20.0. The standard InChI is InChI=1S/C34H55ClN2O6S/c1-22(2)16-30(38)31(39)28(19-23-10-7-6-8-11-23)36-33(41)29(20-24-14-15-24)37-32(40)26(21-44(42,43)34(3,4)5)17-25-12-9-13-27(35)18-25/h9,12-13,18,22-24,26,28-31,38-39H,6-8,10-11,14-17,19-21H2,1-5H3,(H,36,41)(H,37,40)/t26-,28+,29+,30+,31-/m1/s1. The van der Waals surface area contributed by atoms with Gasteiger partial charge in [0.25, 0.3) is 0 Å². The Morgan fingerprint density at radius 3 is 2.16 bits per heavy atom. The molecule has 2 amide bonds. The average molecular weight is 655 g/mol. The first-order valence-electron chi connectivity index (χ1n) is 16.5. The number of nitrogens with one attached hydrogen (secondary N) is 2. The first-order chi connectivity index (χ1) is 20.6. The minimum atomic E-state index is -3.66. The average Bonchev–Trinajstić information content (AvgIpc) is 3.75. The van der Waals surface area contributed by atoms with Gasteiger partial charge < -0.3 is 20.8 Å². The van der Waals surface area contributed by atoms with E-state index in [0.29, 0.717) is 36.1 Å². The summed E-state index contributed by atoms with van der Waals surface area (Å²) in [5.41, 5.74) is 0.736. The van der Waals surface area contributed by atoms with Crippen LogP contribution in [0.15, 0.2) is 24.3 Å². The first-order valence-corrected chi connectivity index (χ1v) is 18.5. The van der Waals surface area contributed by atoms with Gasteiger partial charge in [-0.25, -0.2) is 8.42 Å². The SMILES string of the molecule is CC(C)C[C@H](O)[C@H](O)[C@H](CC1CCCCC1)NC(=O)[C@H](CC1CC1)NC(=O)[C@H](Cc1cccc(Cl)c1)CS(=O)(=O)C(C)(C)C. The molecule has 0 aromatic heterocycles. The van der Waals surface area contributed by atoms with E-state index in [0.717, 1.165) is 44.1 Å². The third-order valence-electron chi connectivity index (χ3n) is 9.15. The Kier molecular flexibility index (Phi) is 13.6. The number of carbonyl (C=O) groups excluding carboxylic acids is 2. The van der Waals surface area contributed by atoms with Gasteiger partial charge in [0.1, 0.15) is 12.1 Å². The molecule has 5 atom stereocenters. The molecule has 1 aromatic rings. The highest BCUT2D eigenvalue weighted by Crippen LogP contribution is 2.34. The fourth-order valence-corrected chi connectivity index (χ4v) is 7.65. The second-order valence-corrected chi connectivity index (χ2v) is 17.9. The van der Waals surface area contributed by atoms with Crippen LogP contribution in [0.2, 0.25) is 5.02 Å². The fourth-order valence-electron chi connectivity index (χ4n) is 6.14. The lowest BCUT2D eigenvalue weighted by Gasteiger charge is -2.34. The summed E-state index contributed by atoms with van der Waals surface area (Å²) in [6.45, 7) is 8.81. The summed E-state index contributed by atoms with van der Waals surface area (Å²) >= 11 is 6.19. The summed E-state index contributed by atoms with van der Waals surface area (Å²) in [5.74, 6) is -1.38. The molecule has 2 fully saturated rings. The summed E-state index contributed by atoms with van der Waals surface area (Å²) in [6.07, 6.45) is 6.84. The molecule has 0 saturated heterocycles. The molecule has 4 N–H and O–H groups in total. The van der Waals surface area contributed by atoms with Crippen LogP contribution in [0.4, 0.5) is 0 Å². The molecule has 0 bridgehead atoms. The van der Waals surface area contributed by atoms with Gasteiger partial charge >= 0.3 is 0 Å². The van der Waals surface area contributed by atoms with Gasteiger partial charge in [0.05, 0.1) is 28.6 Å². The molecule has 0 heterocycles. The Morgan fingerprint density at radius 1 is 0.955 bits per heavy atom. The molecule has 10 heteroatoms. The van der Waals surface area contributed by atoms with E-state index in [9.17, 15) is 28.2 Å². The van der Waals surface area contributed by atoms with Crippen molar-refractivity contribution in [1.82, 2.24) is 10.6 Å². The van der Waals surface area contributed by atoms with Crippen LogP contribution in [0.1, 0.15) is 104 Å². The molecule has 0 unspecified atom stereocenters. The maximum absolute atomic E-state index is 13.9. The number of aliphatic hydroxyl groups excluding tert-OH is 2. The van der Waals surface area contributed by atoms with Crippen LogP contribution in [0.5, 0.6) is 0 Å². The van der Waals surface area contributed by atoms with Crippen LogP contribution < -0.4 is 10.6 Å². The summed E-state index contributed by atoms with van der Waals surface area (Å²) in [7, 11) is -3.66. The van der Waals surface area contributed by atoms with Crippen molar-refractivity contribution >= 4 is 33.3 Å². The molecule has 2 aliphatic rings. The Morgan fingerprint density at radius 2 is 1.59 bits per heavy atom. The van der Waals surface area contributed by atoms with Gasteiger partial charge in [-0.2, -0.15) is 0 Å². The molecule has 2 saturated carbocycles. The minimum Gasteiger partial charge on any atom is -0.390 e. The van der Waals surface area contributed by atoms with E-state index < -0.39 is 56.6 Å². The topological polar surface area (TPSA) is 133 Å². The van der Waals surface area contributed by atoms with Crippen molar-refractivity contribution in [2.75, 3.05) is 5.75 Å².